The van der Waals surface area contributed by atoms with E-state index in [0.717, 1.165) is 0 Å². The van der Waals surface area contributed by atoms with Crippen molar-refractivity contribution in [2.75, 3.05) is 36.2 Å². The number of nitrogens with zero attached hydrogens (tertiary/aromatic N) is 1. The van der Waals surface area contributed by atoms with Gasteiger partial charge in [-0.1, -0.05) is 6.07 Å². The Hall–Kier alpha value is -1.25. The van der Waals surface area contributed by atoms with Gasteiger partial charge >= 0.3 is 0 Å². The van der Waals surface area contributed by atoms with Crippen LogP contribution in [-0.4, -0.2) is 69.7 Å². The molecule has 150 valence electrons. The quantitative estimate of drug-likeness (QED) is 0.317. The number of hydrogen-bond acceptors (Lipinski definition) is 8. The molecule has 0 aliphatic rings. The molecule has 0 radical (unpaired) electrons. The van der Waals surface area contributed by atoms with Crippen LogP contribution in [0.1, 0.15) is 12.8 Å². The van der Waals surface area contributed by atoms with E-state index in [1.165, 1.54) is 29.2 Å². The van der Waals surface area contributed by atoms with Crippen molar-refractivity contribution in [3.8, 4) is 0 Å². The lowest BCUT2D eigenvalue weighted by molar-refractivity contribution is 0.313. The standard InChI is InChI=1S/C13H22N2O8S3/c14-12-4-1-5-13(10-12)24(16,17)11-15(6-2-8-25(18,19)20)7-3-9-26(21,22)23/h1,4-5,10H,2-3,6-9,11,14H2,(H,18,19,20)(H,21,22,23). The van der Waals surface area contributed by atoms with Gasteiger partial charge in [0.1, 0.15) is 5.88 Å². The summed E-state index contributed by atoms with van der Waals surface area (Å²) in [7, 11) is -12.2. The lowest BCUT2D eigenvalue weighted by Crippen LogP contribution is -2.33. The highest BCUT2D eigenvalue weighted by Crippen LogP contribution is 2.16. The second kappa shape index (κ2) is 9.10. The van der Waals surface area contributed by atoms with Gasteiger partial charge in [0.15, 0.2) is 9.84 Å². The third-order valence-electron chi connectivity index (χ3n) is 3.32. The predicted octanol–water partition coefficient (Wildman–Crippen LogP) is -0.142. The lowest BCUT2D eigenvalue weighted by atomic mass is 10.3. The molecule has 0 saturated heterocycles. The van der Waals surface area contributed by atoms with Gasteiger partial charge < -0.3 is 5.73 Å². The molecule has 0 bridgehead atoms. The Morgan fingerprint density at radius 3 is 1.81 bits per heavy atom. The van der Waals surface area contributed by atoms with Gasteiger partial charge in [-0.15, -0.1) is 0 Å². The number of benzene rings is 1. The molecule has 0 heterocycles. The van der Waals surface area contributed by atoms with Crippen molar-refractivity contribution in [3.05, 3.63) is 24.3 Å². The van der Waals surface area contributed by atoms with E-state index in [4.69, 9.17) is 14.8 Å². The van der Waals surface area contributed by atoms with E-state index in [-0.39, 0.29) is 36.5 Å². The molecule has 10 nitrogen and oxygen atoms in total. The molecular formula is C13H22N2O8S3. The first-order valence-corrected chi connectivity index (χ1v) is 12.4. The first-order chi connectivity index (χ1) is 11.8. The Morgan fingerprint density at radius 1 is 0.885 bits per heavy atom. The predicted molar refractivity (Wildman–Crippen MR) is 96.5 cm³/mol. The molecule has 0 atom stereocenters. The van der Waals surface area contributed by atoms with Crippen LogP contribution in [0.25, 0.3) is 0 Å². The molecule has 1 aromatic carbocycles. The van der Waals surface area contributed by atoms with E-state index >= 15 is 0 Å². The van der Waals surface area contributed by atoms with Gasteiger partial charge in [0.05, 0.1) is 16.4 Å². The maximum Gasteiger partial charge on any atom is 0.264 e. The van der Waals surface area contributed by atoms with Crippen molar-refractivity contribution >= 4 is 35.8 Å². The van der Waals surface area contributed by atoms with E-state index in [1.807, 2.05) is 0 Å². The van der Waals surface area contributed by atoms with Crippen LogP contribution in [0.3, 0.4) is 0 Å². The van der Waals surface area contributed by atoms with Gasteiger partial charge in [0, 0.05) is 18.8 Å². The van der Waals surface area contributed by atoms with Crippen molar-refractivity contribution in [3.63, 3.8) is 0 Å². The molecule has 0 saturated carbocycles. The molecule has 0 spiro atoms. The normalized spacial score (nSPS) is 13.2. The van der Waals surface area contributed by atoms with Gasteiger partial charge in [-0.25, -0.2) is 8.42 Å². The second-order valence-corrected chi connectivity index (χ2v) is 10.8. The molecular weight excluding hydrogens is 408 g/mol. The van der Waals surface area contributed by atoms with Crippen LogP contribution in [0.4, 0.5) is 5.69 Å². The van der Waals surface area contributed by atoms with Gasteiger partial charge in [0.2, 0.25) is 0 Å². The summed E-state index contributed by atoms with van der Waals surface area (Å²) in [5.41, 5.74) is 5.83. The molecule has 4 N–H and O–H groups in total. The van der Waals surface area contributed by atoms with Crippen LogP contribution in [-0.2, 0) is 30.1 Å². The van der Waals surface area contributed by atoms with E-state index in [2.05, 4.69) is 0 Å². The monoisotopic (exact) mass is 430 g/mol. The Bertz CT molecular complexity index is 872. The van der Waals surface area contributed by atoms with Gasteiger partial charge in [0.25, 0.3) is 20.2 Å². The fraction of sp³-hybridized carbons (Fsp3) is 0.538. The van der Waals surface area contributed by atoms with E-state index in [9.17, 15) is 25.3 Å². The number of anilines is 1. The topological polar surface area (TPSA) is 172 Å². The summed E-state index contributed by atoms with van der Waals surface area (Å²) in [4.78, 5) is 1.32. The zero-order valence-corrected chi connectivity index (χ0v) is 16.3. The minimum atomic E-state index is -4.19. The Balaban J connectivity index is 2.84. The molecule has 0 aliphatic carbocycles. The molecule has 0 fully saturated rings. The minimum absolute atomic E-state index is 0.00713. The van der Waals surface area contributed by atoms with Crippen molar-refractivity contribution in [1.82, 2.24) is 4.90 Å². The number of rotatable bonds is 11. The van der Waals surface area contributed by atoms with Crippen LogP contribution in [0.5, 0.6) is 0 Å². The maximum atomic E-state index is 12.5. The number of hydrogen-bond donors (Lipinski definition) is 3. The maximum absolute atomic E-state index is 12.5. The first kappa shape index (κ1) is 22.8. The summed E-state index contributed by atoms with van der Waals surface area (Å²) in [6.45, 7) is -0.0143. The molecule has 0 aromatic heterocycles. The summed E-state index contributed by atoms with van der Waals surface area (Å²) in [5, 5.41) is 0. The summed E-state index contributed by atoms with van der Waals surface area (Å²) in [5.74, 6) is -1.60. The van der Waals surface area contributed by atoms with Crippen molar-refractivity contribution in [1.29, 1.82) is 0 Å². The Morgan fingerprint density at radius 2 is 1.38 bits per heavy atom. The molecule has 1 rings (SSSR count). The van der Waals surface area contributed by atoms with Crippen LogP contribution < -0.4 is 5.73 Å². The van der Waals surface area contributed by atoms with Crippen molar-refractivity contribution in [2.24, 2.45) is 0 Å². The van der Waals surface area contributed by atoms with Crippen LogP contribution >= 0.6 is 0 Å². The average Bonchev–Trinajstić information content (AvgIpc) is 2.44. The SMILES string of the molecule is Nc1cccc(S(=O)(=O)CN(CCCS(=O)(=O)O)CCCS(=O)(=O)O)c1. The van der Waals surface area contributed by atoms with E-state index in [1.54, 1.807) is 0 Å². The van der Waals surface area contributed by atoms with Gasteiger partial charge in [-0.2, -0.15) is 16.8 Å². The van der Waals surface area contributed by atoms with Gasteiger partial charge in [-0.3, -0.25) is 14.0 Å². The third-order valence-corrected chi connectivity index (χ3v) is 6.61. The van der Waals surface area contributed by atoms with Crippen molar-refractivity contribution < 1.29 is 34.4 Å². The summed E-state index contributed by atoms with van der Waals surface area (Å²) >= 11 is 0. The molecule has 0 amide bonds. The zero-order valence-electron chi connectivity index (χ0n) is 13.9. The third kappa shape index (κ3) is 9.45. The van der Waals surface area contributed by atoms with Crippen LogP contribution in [0, 0.1) is 0 Å². The lowest BCUT2D eigenvalue weighted by Gasteiger charge is -2.22. The van der Waals surface area contributed by atoms with E-state index < -0.39 is 47.5 Å². The average molecular weight is 431 g/mol. The van der Waals surface area contributed by atoms with Crippen molar-refractivity contribution in [2.45, 2.75) is 17.7 Å². The Kier molecular flexibility index (Phi) is 7.98. The fourth-order valence-electron chi connectivity index (χ4n) is 2.20. The summed E-state index contributed by atoms with van der Waals surface area (Å²) in [6.07, 6.45) is -0.0890. The first-order valence-electron chi connectivity index (χ1n) is 7.49. The zero-order chi connectivity index (χ0) is 20.0. The largest absolute Gasteiger partial charge is 0.399 e. The number of nitrogen functional groups attached to an aromatic ring is 1. The van der Waals surface area contributed by atoms with Crippen LogP contribution in [0.15, 0.2) is 29.2 Å². The highest BCUT2D eigenvalue weighted by atomic mass is 32.2. The number of nitrogens with two attached hydrogens (primary N) is 1. The molecule has 0 aliphatic heterocycles. The highest BCUT2D eigenvalue weighted by molar-refractivity contribution is 7.91. The molecule has 0 unspecified atom stereocenters. The second-order valence-electron chi connectivity index (χ2n) is 5.71. The summed E-state index contributed by atoms with van der Waals surface area (Å²) in [6, 6.07) is 5.64. The smallest absolute Gasteiger partial charge is 0.264 e. The number of sulfone groups is 1. The summed E-state index contributed by atoms with van der Waals surface area (Å²) < 4.78 is 85.7. The molecule has 13 heteroatoms. The molecule has 26 heavy (non-hydrogen) atoms. The minimum Gasteiger partial charge on any atom is -0.399 e. The van der Waals surface area contributed by atoms with Gasteiger partial charge in [-0.05, 0) is 31.0 Å². The Labute approximate surface area is 153 Å². The fourth-order valence-corrected chi connectivity index (χ4v) is 4.68. The van der Waals surface area contributed by atoms with Crippen LogP contribution in [0.2, 0.25) is 0 Å². The highest BCUT2D eigenvalue weighted by Gasteiger charge is 2.20. The van der Waals surface area contributed by atoms with E-state index in [0.29, 0.717) is 0 Å². The molecule has 1 aromatic rings.